The van der Waals surface area contributed by atoms with Gasteiger partial charge in [0.25, 0.3) is 0 Å². The van der Waals surface area contributed by atoms with E-state index < -0.39 is 29.5 Å². The Morgan fingerprint density at radius 3 is 2.12 bits per heavy atom. The third-order valence-corrected chi connectivity index (χ3v) is 1.82. The van der Waals surface area contributed by atoms with Crippen molar-refractivity contribution in [1.82, 2.24) is 0 Å². The molecule has 0 saturated carbocycles. The van der Waals surface area contributed by atoms with Crippen molar-refractivity contribution in [2.75, 3.05) is 7.11 Å². The summed E-state index contributed by atoms with van der Waals surface area (Å²) in [5.74, 6) is -5.26. The molecule has 0 radical (unpaired) electrons. The first-order chi connectivity index (χ1) is 6.97. The van der Waals surface area contributed by atoms with Crippen LogP contribution < -0.4 is 5.73 Å². The number of hydrogen-bond acceptors (Lipinski definition) is 3. The molecule has 0 saturated heterocycles. The van der Waals surface area contributed by atoms with Crippen molar-refractivity contribution < 1.29 is 22.7 Å². The molecule has 90 valence electrons. The Morgan fingerprint density at radius 1 is 1.31 bits per heavy atom. The van der Waals surface area contributed by atoms with E-state index in [-0.39, 0.29) is 18.0 Å². The van der Waals surface area contributed by atoms with E-state index in [1.807, 2.05) is 0 Å². The summed E-state index contributed by atoms with van der Waals surface area (Å²) in [4.78, 5) is 10.9. The average Bonchev–Trinajstić information content (AvgIpc) is 2.23. The number of rotatable bonds is 2. The molecular formula is C9H9ClF3NO2. The number of carbonyl (C=O) groups is 1. The maximum absolute atomic E-state index is 12.7. The van der Waals surface area contributed by atoms with Gasteiger partial charge in [-0.2, -0.15) is 0 Å². The van der Waals surface area contributed by atoms with Gasteiger partial charge in [0, 0.05) is 0 Å². The standard InChI is InChI=1S/C9H8F3NO2.ClH/c1-15-9(14)8(13)4-2-5(10)7(12)6(11)3-4;/h2-3,8H,13H2,1H3;1H/t8-;/m1./s1. The van der Waals surface area contributed by atoms with Crippen molar-refractivity contribution in [3.63, 3.8) is 0 Å². The highest BCUT2D eigenvalue weighted by Crippen LogP contribution is 2.18. The Labute approximate surface area is 95.8 Å². The van der Waals surface area contributed by atoms with Crippen LogP contribution in [-0.4, -0.2) is 13.1 Å². The van der Waals surface area contributed by atoms with Gasteiger partial charge < -0.3 is 10.5 Å². The SMILES string of the molecule is COC(=O)[C@H](N)c1cc(F)c(F)c(F)c1.Cl. The number of esters is 1. The van der Waals surface area contributed by atoms with Crippen LogP contribution in [0.25, 0.3) is 0 Å². The summed E-state index contributed by atoms with van der Waals surface area (Å²) in [6.45, 7) is 0. The number of benzene rings is 1. The smallest absolute Gasteiger partial charge is 0.327 e. The Kier molecular flexibility index (Phi) is 5.26. The van der Waals surface area contributed by atoms with Gasteiger partial charge in [0.15, 0.2) is 17.5 Å². The lowest BCUT2D eigenvalue weighted by Gasteiger charge is -2.09. The van der Waals surface area contributed by atoms with Crippen molar-refractivity contribution in [2.45, 2.75) is 6.04 Å². The zero-order valence-electron chi connectivity index (χ0n) is 8.17. The summed E-state index contributed by atoms with van der Waals surface area (Å²) in [5, 5.41) is 0. The van der Waals surface area contributed by atoms with E-state index in [4.69, 9.17) is 5.73 Å². The largest absolute Gasteiger partial charge is 0.468 e. The summed E-state index contributed by atoms with van der Waals surface area (Å²) < 4.78 is 42.3. The van der Waals surface area contributed by atoms with E-state index in [1.165, 1.54) is 0 Å². The van der Waals surface area contributed by atoms with Crippen molar-refractivity contribution in [3.05, 3.63) is 35.1 Å². The zero-order chi connectivity index (χ0) is 11.6. The quantitative estimate of drug-likeness (QED) is 0.646. The number of hydrogen-bond donors (Lipinski definition) is 1. The van der Waals surface area contributed by atoms with Gasteiger partial charge in [0.05, 0.1) is 7.11 Å². The number of halogens is 4. The molecule has 0 aliphatic rings. The summed E-state index contributed by atoms with van der Waals surface area (Å²) in [6.07, 6.45) is 0. The van der Waals surface area contributed by atoms with Gasteiger partial charge in [-0.3, -0.25) is 4.79 Å². The van der Waals surface area contributed by atoms with Crippen LogP contribution in [0.3, 0.4) is 0 Å². The molecule has 0 amide bonds. The Bertz CT molecular complexity index is 377. The van der Waals surface area contributed by atoms with Crippen LogP contribution in [0.4, 0.5) is 13.2 Å². The van der Waals surface area contributed by atoms with Crippen LogP contribution in [0, 0.1) is 17.5 Å². The highest BCUT2D eigenvalue weighted by atomic mass is 35.5. The molecular weight excluding hydrogens is 247 g/mol. The molecule has 3 nitrogen and oxygen atoms in total. The predicted molar refractivity (Wildman–Crippen MR) is 52.5 cm³/mol. The van der Waals surface area contributed by atoms with Crippen LogP contribution in [0.2, 0.25) is 0 Å². The van der Waals surface area contributed by atoms with Gasteiger partial charge in [-0.1, -0.05) is 0 Å². The van der Waals surface area contributed by atoms with E-state index in [2.05, 4.69) is 4.74 Å². The highest BCUT2D eigenvalue weighted by Gasteiger charge is 2.20. The van der Waals surface area contributed by atoms with Crippen molar-refractivity contribution in [1.29, 1.82) is 0 Å². The first-order valence-corrected chi connectivity index (χ1v) is 3.95. The Hall–Kier alpha value is -1.27. The lowest BCUT2D eigenvalue weighted by Crippen LogP contribution is -2.23. The Balaban J connectivity index is 0.00000225. The molecule has 7 heteroatoms. The lowest BCUT2D eigenvalue weighted by molar-refractivity contribution is -0.142. The molecule has 1 aromatic rings. The molecule has 0 fully saturated rings. The first kappa shape index (κ1) is 14.7. The molecule has 0 aliphatic carbocycles. The fourth-order valence-electron chi connectivity index (χ4n) is 1.02. The third-order valence-electron chi connectivity index (χ3n) is 1.82. The minimum Gasteiger partial charge on any atom is -0.468 e. The van der Waals surface area contributed by atoms with E-state index in [0.29, 0.717) is 12.1 Å². The molecule has 1 aromatic carbocycles. The molecule has 0 heterocycles. The molecule has 0 spiro atoms. The second-order valence-electron chi connectivity index (χ2n) is 2.80. The summed E-state index contributed by atoms with van der Waals surface area (Å²) >= 11 is 0. The highest BCUT2D eigenvalue weighted by molar-refractivity contribution is 5.85. The van der Waals surface area contributed by atoms with Crippen molar-refractivity contribution in [2.24, 2.45) is 5.73 Å². The Morgan fingerprint density at radius 2 is 1.75 bits per heavy atom. The zero-order valence-corrected chi connectivity index (χ0v) is 8.98. The minimum atomic E-state index is -1.60. The number of methoxy groups -OCH3 is 1. The molecule has 0 unspecified atom stereocenters. The van der Waals surface area contributed by atoms with Crippen LogP contribution in [0.1, 0.15) is 11.6 Å². The molecule has 16 heavy (non-hydrogen) atoms. The predicted octanol–water partition coefficient (Wildman–Crippen LogP) is 1.70. The number of nitrogens with two attached hydrogens (primary N) is 1. The first-order valence-electron chi connectivity index (χ1n) is 3.95. The molecule has 0 aliphatic heterocycles. The van der Waals surface area contributed by atoms with E-state index in [9.17, 15) is 18.0 Å². The molecule has 0 bridgehead atoms. The second kappa shape index (κ2) is 5.72. The van der Waals surface area contributed by atoms with E-state index in [1.54, 1.807) is 0 Å². The third kappa shape index (κ3) is 2.86. The van der Waals surface area contributed by atoms with Gasteiger partial charge in [-0.05, 0) is 17.7 Å². The van der Waals surface area contributed by atoms with Gasteiger partial charge in [-0.15, -0.1) is 12.4 Å². The number of carbonyl (C=O) groups excluding carboxylic acids is 1. The van der Waals surface area contributed by atoms with Crippen LogP contribution in [0.5, 0.6) is 0 Å². The van der Waals surface area contributed by atoms with Crippen molar-refractivity contribution >= 4 is 18.4 Å². The summed E-state index contributed by atoms with van der Waals surface area (Å²) in [7, 11) is 1.08. The van der Waals surface area contributed by atoms with Crippen LogP contribution in [0.15, 0.2) is 12.1 Å². The minimum absolute atomic E-state index is 0. The fraction of sp³-hybridized carbons (Fsp3) is 0.222. The fourth-order valence-corrected chi connectivity index (χ4v) is 1.02. The second-order valence-corrected chi connectivity index (χ2v) is 2.80. The van der Waals surface area contributed by atoms with Gasteiger partial charge in [0.2, 0.25) is 0 Å². The number of ether oxygens (including phenoxy) is 1. The van der Waals surface area contributed by atoms with Crippen molar-refractivity contribution in [3.8, 4) is 0 Å². The topological polar surface area (TPSA) is 52.3 Å². The maximum Gasteiger partial charge on any atom is 0.327 e. The molecule has 2 N–H and O–H groups in total. The summed E-state index contributed by atoms with van der Waals surface area (Å²) in [6, 6.07) is -0.0281. The summed E-state index contributed by atoms with van der Waals surface area (Å²) in [5.41, 5.74) is 5.12. The molecule has 0 aromatic heterocycles. The average molecular weight is 256 g/mol. The molecule has 1 rings (SSSR count). The molecule has 1 atom stereocenters. The van der Waals surface area contributed by atoms with Crippen LogP contribution in [-0.2, 0) is 9.53 Å². The maximum atomic E-state index is 12.7. The van der Waals surface area contributed by atoms with E-state index in [0.717, 1.165) is 7.11 Å². The normalized spacial score (nSPS) is 11.6. The van der Waals surface area contributed by atoms with E-state index >= 15 is 0 Å². The van der Waals surface area contributed by atoms with Gasteiger partial charge in [-0.25, -0.2) is 13.2 Å². The lowest BCUT2D eigenvalue weighted by atomic mass is 10.1. The monoisotopic (exact) mass is 255 g/mol. The van der Waals surface area contributed by atoms with Gasteiger partial charge >= 0.3 is 5.97 Å². The van der Waals surface area contributed by atoms with Gasteiger partial charge in [0.1, 0.15) is 6.04 Å². The van der Waals surface area contributed by atoms with Crippen LogP contribution >= 0.6 is 12.4 Å².